The van der Waals surface area contributed by atoms with Crippen molar-refractivity contribution in [3.8, 4) is 0 Å². The second kappa shape index (κ2) is 4.20. The highest BCUT2D eigenvalue weighted by molar-refractivity contribution is 14.1. The summed E-state index contributed by atoms with van der Waals surface area (Å²) in [7, 11) is 0. The fourth-order valence-corrected chi connectivity index (χ4v) is 1.76. The molecule has 1 aliphatic heterocycles. The van der Waals surface area contributed by atoms with E-state index in [9.17, 15) is 14.4 Å². The van der Waals surface area contributed by atoms with Gasteiger partial charge in [0.05, 0.1) is 5.69 Å². The van der Waals surface area contributed by atoms with E-state index in [-0.39, 0.29) is 6.42 Å². The van der Waals surface area contributed by atoms with Gasteiger partial charge >= 0.3 is 6.03 Å². The molecule has 82 valence electrons. The third-order valence-electron chi connectivity index (χ3n) is 2.10. The predicted molar refractivity (Wildman–Crippen MR) is 64.8 cm³/mol. The third kappa shape index (κ3) is 2.06. The Balaban J connectivity index is 2.32. The summed E-state index contributed by atoms with van der Waals surface area (Å²) in [5, 5.41) is 2.10. The average Bonchev–Trinajstić information content (AvgIpc) is 2.19. The van der Waals surface area contributed by atoms with Crippen LogP contribution in [0.3, 0.4) is 0 Å². The molecule has 0 saturated carbocycles. The van der Waals surface area contributed by atoms with E-state index in [1.165, 1.54) is 0 Å². The summed E-state index contributed by atoms with van der Waals surface area (Å²) in [4.78, 5) is 34.9. The molecule has 1 aromatic carbocycles. The molecule has 0 aliphatic carbocycles. The van der Waals surface area contributed by atoms with Gasteiger partial charge in [-0.05, 0) is 46.9 Å². The number of rotatable bonds is 1. The van der Waals surface area contributed by atoms with Gasteiger partial charge in [0.25, 0.3) is 0 Å². The van der Waals surface area contributed by atoms with E-state index in [0.717, 1.165) is 8.47 Å². The SMILES string of the molecule is O=C1CC(=O)N(c2ccc(I)cc2)C(=O)N1. The van der Waals surface area contributed by atoms with Gasteiger partial charge < -0.3 is 0 Å². The largest absolute Gasteiger partial charge is 0.335 e. The summed E-state index contributed by atoms with van der Waals surface area (Å²) in [6, 6.07) is 6.20. The number of nitrogens with zero attached hydrogens (tertiary/aromatic N) is 1. The number of barbiturate groups is 1. The standard InChI is InChI=1S/C10H7IN2O3/c11-6-1-3-7(4-2-6)13-9(15)5-8(14)12-10(13)16/h1-4H,5H2,(H,12,14,16). The molecular weight excluding hydrogens is 323 g/mol. The molecular formula is C10H7IN2O3. The lowest BCUT2D eigenvalue weighted by molar-refractivity contribution is -0.128. The highest BCUT2D eigenvalue weighted by Crippen LogP contribution is 2.19. The van der Waals surface area contributed by atoms with E-state index in [4.69, 9.17) is 0 Å². The van der Waals surface area contributed by atoms with Crippen LogP contribution in [0.4, 0.5) is 10.5 Å². The summed E-state index contributed by atoms with van der Waals surface area (Å²) in [6.07, 6.45) is -0.294. The molecule has 1 heterocycles. The Morgan fingerprint density at radius 2 is 1.75 bits per heavy atom. The minimum absolute atomic E-state index is 0.294. The van der Waals surface area contributed by atoms with Crippen LogP contribution in [0.15, 0.2) is 24.3 Å². The molecule has 16 heavy (non-hydrogen) atoms. The maximum Gasteiger partial charge on any atom is 0.335 e. The minimum Gasteiger partial charge on any atom is -0.277 e. The van der Waals surface area contributed by atoms with Gasteiger partial charge in [0.15, 0.2) is 0 Å². The molecule has 5 nitrogen and oxygen atoms in total. The number of carbonyl (C=O) groups is 3. The van der Waals surface area contributed by atoms with Gasteiger partial charge in [0.1, 0.15) is 6.42 Å². The van der Waals surface area contributed by atoms with Crippen LogP contribution >= 0.6 is 22.6 Å². The van der Waals surface area contributed by atoms with E-state index in [2.05, 4.69) is 27.9 Å². The molecule has 1 aromatic rings. The minimum atomic E-state index is -0.692. The molecule has 0 aromatic heterocycles. The van der Waals surface area contributed by atoms with E-state index in [1.54, 1.807) is 24.3 Å². The van der Waals surface area contributed by atoms with Gasteiger partial charge in [-0.15, -0.1) is 0 Å². The Kier molecular flexibility index (Phi) is 2.90. The van der Waals surface area contributed by atoms with Crippen molar-refractivity contribution in [1.29, 1.82) is 0 Å². The van der Waals surface area contributed by atoms with Crippen LogP contribution in [0.1, 0.15) is 6.42 Å². The van der Waals surface area contributed by atoms with E-state index < -0.39 is 17.8 Å². The monoisotopic (exact) mass is 330 g/mol. The molecule has 6 heteroatoms. The topological polar surface area (TPSA) is 66.5 Å². The van der Waals surface area contributed by atoms with Crippen LogP contribution in [0, 0.1) is 3.57 Å². The maximum absolute atomic E-state index is 11.5. The van der Waals surface area contributed by atoms with Gasteiger partial charge in [-0.25, -0.2) is 9.69 Å². The Bertz CT molecular complexity index is 449. The zero-order valence-electron chi connectivity index (χ0n) is 8.07. The van der Waals surface area contributed by atoms with Crippen LogP contribution in [0.5, 0.6) is 0 Å². The predicted octanol–water partition coefficient (Wildman–Crippen LogP) is 1.26. The fraction of sp³-hybridized carbons (Fsp3) is 0.100. The van der Waals surface area contributed by atoms with E-state index in [0.29, 0.717) is 5.69 Å². The Labute approximate surface area is 105 Å². The molecule has 1 N–H and O–H groups in total. The second-order valence-corrected chi connectivity index (χ2v) is 4.48. The normalized spacial score (nSPS) is 16.3. The molecule has 1 fully saturated rings. The first-order valence-corrected chi connectivity index (χ1v) is 5.58. The number of anilines is 1. The van der Waals surface area contributed by atoms with Gasteiger partial charge in [-0.2, -0.15) is 0 Å². The van der Waals surface area contributed by atoms with Gasteiger partial charge in [-0.3, -0.25) is 14.9 Å². The Morgan fingerprint density at radius 3 is 2.31 bits per heavy atom. The molecule has 0 bridgehead atoms. The number of halogens is 1. The number of nitrogens with one attached hydrogen (secondary N) is 1. The maximum atomic E-state index is 11.5. The van der Waals surface area contributed by atoms with Crippen molar-refractivity contribution in [3.05, 3.63) is 27.8 Å². The number of hydrogen-bond acceptors (Lipinski definition) is 3. The van der Waals surface area contributed by atoms with Crippen LogP contribution < -0.4 is 10.2 Å². The first-order chi connectivity index (χ1) is 7.58. The molecule has 1 aliphatic rings. The van der Waals surface area contributed by atoms with Gasteiger partial charge in [0, 0.05) is 3.57 Å². The van der Waals surface area contributed by atoms with E-state index >= 15 is 0 Å². The zero-order valence-corrected chi connectivity index (χ0v) is 10.2. The summed E-state index contributed by atoms with van der Waals surface area (Å²) < 4.78 is 1.00. The zero-order chi connectivity index (χ0) is 11.7. The first-order valence-electron chi connectivity index (χ1n) is 4.50. The summed E-state index contributed by atoms with van der Waals surface area (Å²) in [6.45, 7) is 0. The number of amides is 4. The van der Waals surface area contributed by atoms with Crippen molar-refractivity contribution in [3.63, 3.8) is 0 Å². The van der Waals surface area contributed by atoms with Crippen LogP contribution in [0.2, 0.25) is 0 Å². The van der Waals surface area contributed by atoms with E-state index in [1.807, 2.05) is 0 Å². The molecule has 0 unspecified atom stereocenters. The van der Waals surface area contributed by atoms with Crippen molar-refractivity contribution >= 4 is 46.1 Å². The van der Waals surface area contributed by atoms with Crippen molar-refractivity contribution in [2.75, 3.05) is 4.90 Å². The number of benzene rings is 1. The van der Waals surface area contributed by atoms with Crippen LogP contribution in [-0.2, 0) is 9.59 Å². The van der Waals surface area contributed by atoms with Gasteiger partial charge in [-0.1, -0.05) is 0 Å². The second-order valence-electron chi connectivity index (χ2n) is 3.24. The summed E-state index contributed by atoms with van der Waals surface area (Å²) in [5.41, 5.74) is 0.468. The molecule has 4 amide bonds. The lowest BCUT2D eigenvalue weighted by atomic mass is 10.2. The summed E-state index contributed by atoms with van der Waals surface area (Å²) >= 11 is 2.12. The van der Waals surface area contributed by atoms with Gasteiger partial charge in [0.2, 0.25) is 11.8 Å². The number of urea groups is 1. The molecule has 0 spiro atoms. The average molecular weight is 330 g/mol. The van der Waals surface area contributed by atoms with Crippen molar-refractivity contribution in [2.24, 2.45) is 0 Å². The quantitative estimate of drug-likeness (QED) is 0.623. The molecule has 0 radical (unpaired) electrons. The highest BCUT2D eigenvalue weighted by Gasteiger charge is 2.31. The van der Waals surface area contributed by atoms with Crippen molar-refractivity contribution in [2.45, 2.75) is 6.42 Å². The van der Waals surface area contributed by atoms with Crippen LogP contribution in [-0.4, -0.2) is 17.8 Å². The first kappa shape index (κ1) is 11.1. The third-order valence-corrected chi connectivity index (χ3v) is 2.81. The smallest absolute Gasteiger partial charge is 0.277 e. The lowest BCUT2D eigenvalue weighted by Crippen LogP contribution is -2.52. The number of hydrogen-bond donors (Lipinski definition) is 1. The number of carbonyl (C=O) groups excluding carboxylic acids is 3. The van der Waals surface area contributed by atoms with Crippen molar-refractivity contribution in [1.82, 2.24) is 5.32 Å². The fourth-order valence-electron chi connectivity index (χ4n) is 1.40. The molecule has 2 rings (SSSR count). The van der Waals surface area contributed by atoms with Crippen molar-refractivity contribution < 1.29 is 14.4 Å². The molecule has 1 saturated heterocycles. The Morgan fingerprint density at radius 1 is 1.12 bits per heavy atom. The van der Waals surface area contributed by atoms with Crippen LogP contribution in [0.25, 0.3) is 0 Å². The Hall–Kier alpha value is -1.44. The molecule has 0 atom stereocenters. The lowest BCUT2D eigenvalue weighted by Gasteiger charge is -2.24. The highest BCUT2D eigenvalue weighted by atomic mass is 127. The number of imide groups is 2. The summed E-state index contributed by atoms with van der Waals surface area (Å²) in [5.74, 6) is -1.06.